The van der Waals surface area contributed by atoms with Crippen molar-refractivity contribution in [1.82, 2.24) is 10.2 Å². The minimum atomic E-state index is -0.165. The van der Waals surface area contributed by atoms with E-state index in [0.29, 0.717) is 17.8 Å². The smallest absolute Gasteiger partial charge is 0.251 e. The molecule has 0 bridgehead atoms. The molecule has 112 valence electrons. The van der Waals surface area contributed by atoms with Gasteiger partial charge in [-0.25, -0.2) is 0 Å². The summed E-state index contributed by atoms with van der Waals surface area (Å²) >= 11 is 3.33. The number of hydrogen-bond donors (Lipinski definition) is 2. The van der Waals surface area contributed by atoms with Gasteiger partial charge in [-0.1, -0.05) is 15.9 Å². The molecule has 2 aromatic rings. The Balaban J connectivity index is 2.05. The van der Waals surface area contributed by atoms with Gasteiger partial charge in [-0.3, -0.25) is 9.69 Å². The summed E-state index contributed by atoms with van der Waals surface area (Å²) in [5.74, 6) is 0.649. The van der Waals surface area contributed by atoms with Gasteiger partial charge in [0.25, 0.3) is 5.91 Å². The summed E-state index contributed by atoms with van der Waals surface area (Å²) in [4.78, 5) is 14.2. The molecule has 3 N–H and O–H groups in total. The van der Waals surface area contributed by atoms with Crippen LogP contribution in [0.1, 0.15) is 22.2 Å². The molecule has 0 aliphatic carbocycles. The lowest BCUT2D eigenvalue weighted by molar-refractivity contribution is 0.0939. The Morgan fingerprint density at radius 2 is 2.19 bits per heavy atom. The molecule has 5 nitrogen and oxygen atoms in total. The second-order valence-corrected chi connectivity index (χ2v) is 5.89. The van der Waals surface area contributed by atoms with Crippen LogP contribution in [-0.2, 0) is 0 Å². The lowest BCUT2D eigenvalue weighted by atomic mass is 10.1. The highest BCUT2D eigenvalue weighted by Crippen LogP contribution is 2.19. The predicted molar refractivity (Wildman–Crippen MR) is 86.0 cm³/mol. The number of carbonyl (C=O) groups is 1. The van der Waals surface area contributed by atoms with Crippen molar-refractivity contribution in [3.8, 4) is 0 Å². The lowest BCUT2D eigenvalue weighted by Crippen LogP contribution is -2.34. The van der Waals surface area contributed by atoms with Crippen molar-refractivity contribution in [3.05, 3.63) is 52.4 Å². The summed E-state index contributed by atoms with van der Waals surface area (Å²) in [7, 11) is 3.88. The number of hydrogen-bond acceptors (Lipinski definition) is 4. The Bertz CT molecular complexity index is 591. The van der Waals surface area contributed by atoms with Crippen LogP contribution in [0, 0.1) is 0 Å². The molecule has 2 rings (SSSR count). The van der Waals surface area contributed by atoms with E-state index in [1.807, 2.05) is 31.1 Å². The summed E-state index contributed by atoms with van der Waals surface area (Å²) in [6, 6.07) is 8.85. The summed E-state index contributed by atoms with van der Waals surface area (Å²) < 4.78 is 6.19. The van der Waals surface area contributed by atoms with Gasteiger partial charge in [-0.05, 0) is 44.4 Å². The van der Waals surface area contributed by atoms with E-state index < -0.39 is 0 Å². The van der Waals surface area contributed by atoms with Crippen molar-refractivity contribution in [2.75, 3.05) is 26.4 Å². The summed E-state index contributed by atoms with van der Waals surface area (Å²) in [5, 5.41) is 2.91. The molecule has 1 aromatic heterocycles. The maximum absolute atomic E-state index is 12.2. The van der Waals surface area contributed by atoms with Gasteiger partial charge in [0, 0.05) is 22.3 Å². The monoisotopic (exact) mass is 351 g/mol. The SMILES string of the molecule is CN(C)C(CNC(=O)c1cc(N)cc(Br)c1)c1ccco1. The highest BCUT2D eigenvalue weighted by Gasteiger charge is 2.18. The van der Waals surface area contributed by atoms with E-state index in [9.17, 15) is 4.79 Å². The number of anilines is 1. The first-order chi connectivity index (χ1) is 9.97. The molecule has 21 heavy (non-hydrogen) atoms. The Hall–Kier alpha value is -1.79. The fraction of sp³-hybridized carbons (Fsp3) is 0.267. The van der Waals surface area contributed by atoms with Crippen molar-refractivity contribution in [3.63, 3.8) is 0 Å². The van der Waals surface area contributed by atoms with Crippen LogP contribution in [0.3, 0.4) is 0 Å². The molecule has 1 aromatic carbocycles. The molecule has 0 radical (unpaired) electrons. The average Bonchev–Trinajstić information content (AvgIpc) is 2.91. The number of rotatable bonds is 5. The number of nitrogens with zero attached hydrogens (tertiary/aromatic N) is 1. The third kappa shape index (κ3) is 4.09. The van der Waals surface area contributed by atoms with Crippen molar-refractivity contribution in [1.29, 1.82) is 0 Å². The molecule has 0 saturated heterocycles. The molecule has 0 saturated carbocycles. The van der Waals surface area contributed by atoms with Crippen LogP contribution in [-0.4, -0.2) is 31.4 Å². The number of carbonyl (C=O) groups excluding carboxylic acids is 1. The maximum Gasteiger partial charge on any atom is 0.251 e. The predicted octanol–water partition coefficient (Wildman–Crippen LogP) is 2.66. The average molecular weight is 352 g/mol. The zero-order valence-corrected chi connectivity index (χ0v) is 13.6. The highest BCUT2D eigenvalue weighted by atomic mass is 79.9. The largest absolute Gasteiger partial charge is 0.468 e. The van der Waals surface area contributed by atoms with E-state index in [0.717, 1.165) is 10.2 Å². The number of furan rings is 1. The molecule has 1 unspecified atom stereocenters. The van der Waals surface area contributed by atoms with Gasteiger partial charge in [-0.2, -0.15) is 0 Å². The summed E-state index contributed by atoms with van der Waals surface area (Å²) in [5.41, 5.74) is 6.82. The van der Waals surface area contributed by atoms with Crippen molar-refractivity contribution in [2.45, 2.75) is 6.04 Å². The molecule has 0 spiro atoms. The fourth-order valence-corrected chi connectivity index (χ4v) is 2.56. The quantitative estimate of drug-likeness (QED) is 0.812. The Morgan fingerprint density at radius 1 is 1.43 bits per heavy atom. The van der Waals surface area contributed by atoms with E-state index in [-0.39, 0.29) is 11.9 Å². The molecule has 0 fully saturated rings. The van der Waals surface area contributed by atoms with Gasteiger partial charge in [0.1, 0.15) is 5.76 Å². The number of amides is 1. The Morgan fingerprint density at radius 3 is 2.76 bits per heavy atom. The molecule has 1 heterocycles. The second-order valence-electron chi connectivity index (χ2n) is 4.98. The molecule has 6 heteroatoms. The third-order valence-corrected chi connectivity index (χ3v) is 3.59. The normalized spacial score (nSPS) is 12.4. The van der Waals surface area contributed by atoms with Gasteiger partial charge in [-0.15, -0.1) is 0 Å². The van der Waals surface area contributed by atoms with E-state index in [1.54, 1.807) is 24.5 Å². The summed E-state index contributed by atoms with van der Waals surface area (Å²) in [6.45, 7) is 0.450. The van der Waals surface area contributed by atoms with Gasteiger partial charge in [0.15, 0.2) is 0 Å². The standard InChI is InChI=1S/C15H18BrN3O2/c1-19(2)13(14-4-3-5-21-14)9-18-15(20)10-6-11(16)8-12(17)7-10/h3-8,13H,9,17H2,1-2H3,(H,18,20). The van der Waals surface area contributed by atoms with Crippen LogP contribution in [0.4, 0.5) is 5.69 Å². The van der Waals surface area contributed by atoms with Crippen LogP contribution in [0.15, 0.2) is 45.5 Å². The van der Waals surface area contributed by atoms with Gasteiger partial charge < -0.3 is 15.5 Å². The van der Waals surface area contributed by atoms with E-state index in [4.69, 9.17) is 10.2 Å². The van der Waals surface area contributed by atoms with Gasteiger partial charge in [0.2, 0.25) is 0 Å². The zero-order valence-electron chi connectivity index (χ0n) is 12.0. The highest BCUT2D eigenvalue weighted by molar-refractivity contribution is 9.10. The van der Waals surface area contributed by atoms with E-state index in [1.165, 1.54) is 0 Å². The maximum atomic E-state index is 12.2. The minimum absolute atomic E-state index is 0.0200. The number of nitrogens with two attached hydrogens (primary N) is 1. The third-order valence-electron chi connectivity index (χ3n) is 3.13. The summed E-state index contributed by atoms with van der Waals surface area (Å²) in [6.07, 6.45) is 1.63. The Kier molecular flexibility index (Phi) is 5.03. The first kappa shape index (κ1) is 15.6. The number of halogens is 1. The van der Waals surface area contributed by atoms with Crippen LogP contribution < -0.4 is 11.1 Å². The first-order valence-corrected chi connectivity index (χ1v) is 7.31. The number of likely N-dealkylation sites (N-methyl/N-ethyl adjacent to an activating group) is 1. The van der Waals surface area contributed by atoms with Gasteiger partial charge in [0.05, 0.1) is 12.3 Å². The first-order valence-electron chi connectivity index (χ1n) is 6.51. The molecule has 0 aliphatic heterocycles. The number of nitrogen functional groups attached to an aromatic ring is 1. The van der Waals surface area contributed by atoms with Gasteiger partial charge >= 0.3 is 0 Å². The van der Waals surface area contributed by atoms with Crippen molar-refractivity contribution >= 4 is 27.5 Å². The fourth-order valence-electron chi connectivity index (χ4n) is 2.05. The molecular weight excluding hydrogens is 334 g/mol. The van der Waals surface area contributed by atoms with Crippen LogP contribution >= 0.6 is 15.9 Å². The molecule has 1 amide bonds. The zero-order chi connectivity index (χ0) is 15.4. The van der Waals surface area contributed by atoms with Crippen LogP contribution in [0.2, 0.25) is 0 Å². The van der Waals surface area contributed by atoms with Crippen LogP contribution in [0.5, 0.6) is 0 Å². The van der Waals surface area contributed by atoms with E-state index in [2.05, 4.69) is 21.2 Å². The molecule has 0 aliphatic rings. The minimum Gasteiger partial charge on any atom is -0.468 e. The molecule has 1 atom stereocenters. The topological polar surface area (TPSA) is 71.5 Å². The lowest BCUT2D eigenvalue weighted by Gasteiger charge is -2.22. The molecular formula is C15H18BrN3O2. The Labute approximate surface area is 132 Å². The van der Waals surface area contributed by atoms with Crippen molar-refractivity contribution in [2.24, 2.45) is 0 Å². The second kappa shape index (κ2) is 6.78. The van der Waals surface area contributed by atoms with Crippen molar-refractivity contribution < 1.29 is 9.21 Å². The number of nitrogens with one attached hydrogen (secondary N) is 1. The van der Waals surface area contributed by atoms with Crippen LogP contribution in [0.25, 0.3) is 0 Å². The number of benzene rings is 1. The van der Waals surface area contributed by atoms with E-state index >= 15 is 0 Å².